The lowest BCUT2D eigenvalue weighted by Gasteiger charge is -2.30. The summed E-state index contributed by atoms with van der Waals surface area (Å²) in [7, 11) is 2.04. The van der Waals surface area contributed by atoms with Crippen LogP contribution in [-0.2, 0) is 0 Å². The molecular formula is C6H13N3O. The first kappa shape index (κ1) is 7.34. The normalized spacial score (nSPS) is 21.1. The molecule has 1 aliphatic heterocycles. The van der Waals surface area contributed by atoms with E-state index in [4.69, 9.17) is 5.73 Å². The fraction of sp³-hybridized carbons (Fsp3) is 0.833. The second kappa shape index (κ2) is 2.88. The van der Waals surface area contributed by atoms with Crippen molar-refractivity contribution < 1.29 is 4.79 Å². The molecule has 0 unspecified atom stereocenters. The number of hydrogen-bond acceptors (Lipinski definition) is 2. The maximum absolute atomic E-state index is 10.6. The van der Waals surface area contributed by atoms with Gasteiger partial charge in [0, 0.05) is 26.2 Å². The smallest absolute Gasteiger partial charge is 0.314 e. The minimum atomic E-state index is -0.298. The van der Waals surface area contributed by atoms with Crippen molar-refractivity contribution in [2.24, 2.45) is 5.73 Å². The minimum absolute atomic E-state index is 0.298. The van der Waals surface area contributed by atoms with E-state index in [0.717, 1.165) is 26.2 Å². The molecule has 0 aliphatic carbocycles. The maximum atomic E-state index is 10.6. The van der Waals surface area contributed by atoms with Crippen LogP contribution in [0.2, 0.25) is 0 Å². The number of piperazine rings is 1. The van der Waals surface area contributed by atoms with E-state index in [2.05, 4.69) is 4.90 Å². The summed E-state index contributed by atoms with van der Waals surface area (Å²) >= 11 is 0. The van der Waals surface area contributed by atoms with Crippen molar-refractivity contribution in [1.29, 1.82) is 0 Å². The molecule has 1 rings (SSSR count). The van der Waals surface area contributed by atoms with Gasteiger partial charge in [-0.15, -0.1) is 0 Å². The summed E-state index contributed by atoms with van der Waals surface area (Å²) in [6.45, 7) is 3.41. The van der Waals surface area contributed by atoms with Crippen LogP contribution in [0.3, 0.4) is 0 Å². The number of carbonyl (C=O) groups excluding carboxylic acids is 1. The second-order valence-corrected chi connectivity index (χ2v) is 2.63. The Morgan fingerprint density at radius 3 is 2.20 bits per heavy atom. The van der Waals surface area contributed by atoms with Gasteiger partial charge in [0.05, 0.1) is 0 Å². The third-order valence-electron chi connectivity index (χ3n) is 1.81. The number of hydrogen-bond donors (Lipinski definition) is 1. The largest absolute Gasteiger partial charge is 0.351 e. The zero-order valence-electron chi connectivity index (χ0n) is 6.21. The van der Waals surface area contributed by atoms with Gasteiger partial charge in [-0.2, -0.15) is 0 Å². The van der Waals surface area contributed by atoms with Gasteiger partial charge in [0.2, 0.25) is 0 Å². The molecule has 4 heteroatoms. The lowest BCUT2D eigenvalue weighted by molar-refractivity contribution is 0.161. The molecule has 0 aromatic heterocycles. The monoisotopic (exact) mass is 143 g/mol. The van der Waals surface area contributed by atoms with Crippen molar-refractivity contribution in [2.75, 3.05) is 33.2 Å². The van der Waals surface area contributed by atoms with E-state index in [9.17, 15) is 4.79 Å². The number of urea groups is 1. The van der Waals surface area contributed by atoms with Gasteiger partial charge in [-0.3, -0.25) is 0 Å². The van der Waals surface area contributed by atoms with Gasteiger partial charge in [-0.05, 0) is 7.05 Å². The van der Waals surface area contributed by atoms with Gasteiger partial charge < -0.3 is 15.5 Å². The highest BCUT2D eigenvalue weighted by molar-refractivity contribution is 5.72. The minimum Gasteiger partial charge on any atom is -0.351 e. The van der Waals surface area contributed by atoms with Crippen LogP contribution in [-0.4, -0.2) is 49.1 Å². The molecule has 0 aromatic carbocycles. The predicted octanol–water partition coefficient (Wildman–Crippen LogP) is -0.688. The third kappa shape index (κ3) is 1.60. The van der Waals surface area contributed by atoms with Crippen LogP contribution < -0.4 is 5.73 Å². The van der Waals surface area contributed by atoms with Crippen molar-refractivity contribution >= 4 is 6.03 Å². The fourth-order valence-electron chi connectivity index (χ4n) is 1.03. The van der Waals surface area contributed by atoms with Crippen LogP contribution in [0.25, 0.3) is 0 Å². The van der Waals surface area contributed by atoms with Gasteiger partial charge in [0.15, 0.2) is 0 Å². The average molecular weight is 143 g/mol. The first-order chi connectivity index (χ1) is 4.70. The summed E-state index contributed by atoms with van der Waals surface area (Å²) in [5.74, 6) is 0. The molecule has 0 saturated carbocycles. The lowest BCUT2D eigenvalue weighted by Crippen LogP contribution is -2.49. The van der Waals surface area contributed by atoms with Crippen LogP contribution in [0, 0.1) is 0 Å². The number of nitrogens with zero attached hydrogens (tertiary/aromatic N) is 2. The average Bonchev–Trinajstić information content (AvgIpc) is 1.88. The molecule has 0 bridgehead atoms. The molecule has 2 N–H and O–H groups in total. The SMILES string of the molecule is CN1CCN(C(N)=O)CC1. The molecule has 0 radical (unpaired) electrons. The van der Waals surface area contributed by atoms with Crippen molar-refractivity contribution in [2.45, 2.75) is 0 Å². The Hall–Kier alpha value is -0.770. The Labute approximate surface area is 60.6 Å². The highest BCUT2D eigenvalue weighted by Gasteiger charge is 2.15. The first-order valence-electron chi connectivity index (χ1n) is 3.43. The topological polar surface area (TPSA) is 49.6 Å². The van der Waals surface area contributed by atoms with Gasteiger partial charge in [-0.1, -0.05) is 0 Å². The maximum Gasteiger partial charge on any atom is 0.314 e. The highest BCUT2D eigenvalue weighted by Crippen LogP contribution is 1.96. The zero-order valence-corrected chi connectivity index (χ0v) is 6.21. The number of likely N-dealkylation sites (N-methyl/N-ethyl adjacent to an activating group) is 1. The summed E-state index contributed by atoms with van der Waals surface area (Å²) in [4.78, 5) is 14.4. The van der Waals surface area contributed by atoms with E-state index in [-0.39, 0.29) is 6.03 Å². The molecule has 1 fully saturated rings. The molecule has 58 valence electrons. The Morgan fingerprint density at radius 2 is 1.80 bits per heavy atom. The number of rotatable bonds is 0. The Bertz CT molecular complexity index is 129. The van der Waals surface area contributed by atoms with Gasteiger partial charge in [0.1, 0.15) is 0 Å². The number of nitrogens with two attached hydrogens (primary N) is 1. The van der Waals surface area contributed by atoms with E-state index in [1.54, 1.807) is 4.90 Å². The second-order valence-electron chi connectivity index (χ2n) is 2.63. The van der Waals surface area contributed by atoms with Crippen LogP contribution >= 0.6 is 0 Å². The number of carbonyl (C=O) groups is 1. The summed E-state index contributed by atoms with van der Waals surface area (Å²) in [6, 6.07) is -0.298. The van der Waals surface area contributed by atoms with Crippen LogP contribution in [0.5, 0.6) is 0 Å². The molecule has 0 atom stereocenters. The molecule has 1 aliphatic rings. The van der Waals surface area contributed by atoms with E-state index in [0.29, 0.717) is 0 Å². The summed E-state index contributed by atoms with van der Waals surface area (Å²) in [5, 5.41) is 0. The molecule has 4 nitrogen and oxygen atoms in total. The van der Waals surface area contributed by atoms with Crippen LogP contribution in [0.1, 0.15) is 0 Å². The Morgan fingerprint density at radius 1 is 1.30 bits per heavy atom. The van der Waals surface area contributed by atoms with Gasteiger partial charge >= 0.3 is 6.03 Å². The van der Waals surface area contributed by atoms with Crippen LogP contribution in [0.15, 0.2) is 0 Å². The molecule has 2 amide bonds. The van der Waals surface area contributed by atoms with Gasteiger partial charge in [-0.25, -0.2) is 4.79 Å². The quantitative estimate of drug-likeness (QED) is 0.488. The summed E-state index contributed by atoms with van der Waals surface area (Å²) < 4.78 is 0. The lowest BCUT2D eigenvalue weighted by atomic mass is 10.3. The van der Waals surface area contributed by atoms with E-state index in [1.165, 1.54) is 0 Å². The molecule has 1 heterocycles. The zero-order chi connectivity index (χ0) is 7.56. The highest BCUT2D eigenvalue weighted by atomic mass is 16.2. The summed E-state index contributed by atoms with van der Waals surface area (Å²) in [6.07, 6.45) is 0. The Kier molecular flexibility index (Phi) is 2.11. The van der Waals surface area contributed by atoms with Crippen molar-refractivity contribution in [3.63, 3.8) is 0 Å². The molecular weight excluding hydrogens is 130 g/mol. The van der Waals surface area contributed by atoms with Gasteiger partial charge in [0.25, 0.3) is 0 Å². The summed E-state index contributed by atoms with van der Waals surface area (Å²) in [5.41, 5.74) is 5.08. The van der Waals surface area contributed by atoms with Crippen molar-refractivity contribution in [1.82, 2.24) is 9.80 Å². The van der Waals surface area contributed by atoms with Crippen molar-refractivity contribution in [3.8, 4) is 0 Å². The van der Waals surface area contributed by atoms with Crippen molar-refractivity contribution in [3.05, 3.63) is 0 Å². The van der Waals surface area contributed by atoms with E-state index < -0.39 is 0 Å². The van der Waals surface area contributed by atoms with Crippen LogP contribution in [0.4, 0.5) is 4.79 Å². The third-order valence-corrected chi connectivity index (χ3v) is 1.81. The molecule has 0 spiro atoms. The molecule has 1 saturated heterocycles. The predicted molar refractivity (Wildman–Crippen MR) is 38.7 cm³/mol. The number of amides is 2. The Balaban J connectivity index is 2.33. The van der Waals surface area contributed by atoms with E-state index in [1.807, 2.05) is 7.05 Å². The van der Waals surface area contributed by atoms with E-state index >= 15 is 0 Å². The first-order valence-corrected chi connectivity index (χ1v) is 3.43. The molecule has 10 heavy (non-hydrogen) atoms. The molecule has 0 aromatic rings. The standard InChI is InChI=1S/C6H13N3O/c1-8-2-4-9(5-3-8)6(7)10/h2-5H2,1H3,(H2,7,10). The number of primary amides is 1. The fourth-order valence-corrected chi connectivity index (χ4v) is 1.03.